The first kappa shape index (κ1) is 10.7. The highest BCUT2D eigenvalue weighted by atomic mass is 16.3. The van der Waals surface area contributed by atoms with Crippen LogP contribution in [0.2, 0.25) is 0 Å². The summed E-state index contributed by atoms with van der Waals surface area (Å²) in [6, 6.07) is 8.50. The van der Waals surface area contributed by atoms with Gasteiger partial charge in [0, 0.05) is 6.42 Å². The van der Waals surface area contributed by atoms with Crippen LogP contribution in [0.5, 0.6) is 0 Å². The van der Waals surface area contributed by atoms with Crippen molar-refractivity contribution in [3.63, 3.8) is 0 Å². The topological polar surface area (TPSA) is 20.2 Å². The van der Waals surface area contributed by atoms with Crippen molar-refractivity contribution in [2.45, 2.75) is 51.0 Å². The number of rotatable bonds is 2. The zero-order valence-corrected chi connectivity index (χ0v) is 9.50. The van der Waals surface area contributed by atoms with E-state index in [4.69, 9.17) is 0 Å². The molecule has 1 saturated carbocycles. The molecule has 2 rings (SSSR count). The van der Waals surface area contributed by atoms with Crippen molar-refractivity contribution in [1.29, 1.82) is 0 Å². The molecule has 0 spiro atoms. The van der Waals surface area contributed by atoms with Gasteiger partial charge < -0.3 is 5.11 Å². The Balaban J connectivity index is 2.06. The average Bonchev–Trinajstić information content (AvgIpc) is 2.18. The van der Waals surface area contributed by atoms with Crippen LogP contribution in [-0.4, -0.2) is 10.7 Å². The molecule has 1 aromatic rings. The van der Waals surface area contributed by atoms with Gasteiger partial charge in [-0.2, -0.15) is 0 Å². The zero-order chi connectivity index (χ0) is 10.7. The van der Waals surface area contributed by atoms with Crippen LogP contribution in [0.3, 0.4) is 0 Å². The molecule has 15 heavy (non-hydrogen) atoms. The first-order valence-corrected chi connectivity index (χ1v) is 5.96. The van der Waals surface area contributed by atoms with Crippen LogP contribution in [0.1, 0.15) is 43.2 Å². The molecule has 1 aliphatic rings. The Bertz CT molecular complexity index is 324. The molecule has 82 valence electrons. The minimum Gasteiger partial charge on any atom is -0.390 e. The van der Waals surface area contributed by atoms with Gasteiger partial charge in [0.1, 0.15) is 0 Å². The van der Waals surface area contributed by atoms with E-state index >= 15 is 0 Å². The highest BCUT2D eigenvalue weighted by Crippen LogP contribution is 2.31. The molecule has 0 bridgehead atoms. The molecule has 0 heterocycles. The maximum atomic E-state index is 10.4. The van der Waals surface area contributed by atoms with Gasteiger partial charge >= 0.3 is 0 Å². The lowest BCUT2D eigenvalue weighted by Crippen LogP contribution is -2.33. The average molecular weight is 204 g/mol. The van der Waals surface area contributed by atoms with Crippen molar-refractivity contribution in [2.75, 3.05) is 0 Å². The van der Waals surface area contributed by atoms with Crippen molar-refractivity contribution in [2.24, 2.45) is 0 Å². The van der Waals surface area contributed by atoms with E-state index in [9.17, 15) is 5.11 Å². The fourth-order valence-electron chi connectivity index (χ4n) is 2.59. The molecule has 1 N–H and O–H groups in total. The number of aryl methyl sites for hydroxylation is 1. The summed E-state index contributed by atoms with van der Waals surface area (Å²) in [5.74, 6) is 0. The molecule has 1 aliphatic carbocycles. The van der Waals surface area contributed by atoms with Crippen LogP contribution in [0.4, 0.5) is 0 Å². The van der Waals surface area contributed by atoms with Crippen LogP contribution >= 0.6 is 0 Å². The van der Waals surface area contributed by atoms with Crippen LogP contribution in [-0.2, 0) is 6.42 Å². The highest BCUT2D eigenvalue weighted by molar-refractivity contribution is 5.23. The van der Waals surface area contributed by atoms with Gasteiger partial charge in [-0.1, -0.05) is 49.1 Å². The summed E-state index contributed by atoms with van der Waals surface area (Å²) in [5.41, 5.74) is 2.14. The lowest BCUT2D eigenvalue weighted by atomic mass is 9.80. The van der Waals surface area contributed by atoms with E-state index in [0.29, 0.717) is 0 Å². The molecule has 0 radical (unpaired) electrons. The first-order chi connectivity index (χ1) is 7.18. The number of hydrogen-bond acceptors (Lipinski definition) is 1. The maximum absolute atomic E-state index is 10.4. The second-order valence-corrected chi connectivity index (χ2v) is 4.95. The SMILES string of the molecule is Cc1cccc(CC2(O)CCCCC2)c1. The van der Waals surface area contributed by atoms with Gasteiger partial charge in [0.15, 0.2) is 0 Å². The summed E-state index contributed by atoms with van der Waals surface area (Å²) in [6.45, 7) is 2.11. The Morgan fingerprint density at radius 2 is 1.93 bits per heavy atom. The second-order valence-electron chi connectivity index (χ2n) is 4.95. The molecule has 0 aromatic heterocycles. The van der Waals surface area contributed by atoms with Crippen LogP contribution in [0.25, 0.3) is 0 Å². The maximum Gasteiger partial charge on any atom is 0.0688 e. The van der Waals surface area contributed by atoms with Crippen molar-refractivity contribution >= 4 is 0 Å². The van der Waals surface area contributed by atoms with Crippen molar-refractivity contribution in [3.05, 3.63) is 35.4 Å². The van der Waals surface area contributed by atoms with E-state index in [-0.39, 0.29) is 0 Å². The Morgan fingerprint density at radius 1 is 1.20 bits per heavy atom. The molecule has 0 aliphatic heterocycles. The zero-order valence-electron chi connectivity index (χ0n) is 9.50. The van der Waals surface area contributed by atoms with Gasteiger partial charge in [-0.05, 0) is 25.3 Å². The molecular weight excluding hydrogens is 184 g/mol. The van der Waals surface area contributed by atoms with Gasteiger partial charge in [-0.3, -0.25) is 0 Å². The van der Waals surface area contributed by atoms with E-state index < -0.39 is 5.60 Å². The quantitative estimate of drug-likeness (QED) is 0.784. The van der Waals surface area contributed by atoms with E-state index in [1.807, 2.05) is 0 Å². The summed E-state index contributed by atoms with van der Waals surface area (Å²) >= 11 is 0. The lowest BCUT2D eigenvalue weighted by Gasteiger charge is -2.32. The smallest absolute Gasteiger partial charge is 0.0688 e. The minimum absolute atomic E-state index is 0.425. The first-order valence-electron chi connectivity index (χ1n) is 5.96. The van der Waals surface area contributed by atoms with E-state index in [2.05, 4.69) is 31.2 Å². The number of hydrogen-bond donors (Lipinski definition) is 1. The van der Waals surface area contributed by atoms with Gasteiger partial charge in [0.25, 0.3) is 0 Å². The van der Waals surface area contributed by atoms with E-state index in [1.54, 1.807) is 0 Å². The molecule has 0 saturated heterocycles. The Labute approximate surface area is 92.1 Å². The summed E-state index contributed by atoms with van der Waals surface area (Å²) in [7, 11) is 0. The van der Waals surface area contributed by atoms with Crippen molar-refractivity contribution in [1.82, 2.24) is 0 Å². The fraction of sp³-hybridized carbons (Fsp3) is 0.571. The normalized spacial score (nSPS) is 20.1. The van der Waals surface area contributed by atoms with Gasteiger partial charge in [-0.25, -0.2) is 0 Å². The second kappa shape index (κ2) is 4.36. The molecule has 0 atom stereocenters. The summed E-state index contributed by atoms with van der Waals surface area (Å²) in [4.78, 5) is 0. The summed E-state index contributed by atoms with van der Waals surface area (Å²) in [5, 5.41) is 10.4. The molecular formula is C14H20O. The van der Waals surface area contributed by atoms with Crippen LogP contribution in [0.15, 0.2) is 24.3 Å². The Kier molecular flexibility index (Phi) is 3.11. The van der Waals surface area contributed by atoms with Crippen LogP contribution < -0.4 is 0 Å². The van der Waals surface area contributed by atoms with Crippen molar-refractivity contribution in [3.8, 4) is 0 Å². The number of benzene rings is 1. The highest BCUT2D eigenvalue weighted by Gasteiger charge is 2.28. The lowest BCUT2D eigenvalue weighted by molar-refractivity contribution is 0.00449. The third-order valence-corrected chi connectivity index (χ3v) is 3.40. The fourth-order valence-corrected chi connectivity index (χ4v) is 2.59. The predicted octanol–water partition coefficient (Wildman–Crippen LogP) is 3.23. The van der Waals surface area contributed by atoms with Gasteiger partial charge in [-0.15, -0.1) is 0 Å². The molecule has 0 unspecified atom stereocenters. The Hall–Kier alpha value is -0.820. The molecule has 1 heteroatoms. The molecule has 0 amide bonds. The van der Waals surface area contributed by atoms with E-state index in [1.165, 1.54) is 30.4 Å². The summed E-state index contributed by atoms with van der Waals surface area (Å²) in [6.07, 6.45) is 6.43. The third-order valence-electron chi connectivity index (χ3n) is 3.40. The monoisotopic (exact) mass is 204 g/mol. The van der Waals surface area contributed by atoms with Gasteiger partial charge in [0.05, 0.1) is 5.60 Å². The summed E-state index contributed by atoms with van der Waals surface area (Å²) < 4.78 is 0. The number of aliphatic hydroxyl groups is 1. The molecule has 1 aromatic carbocycles. The largest absolute Gasteiger partial charge is 0.390 e. The standard InChI is InChI=1S/C14H20O/c1-12-6-5-7-13(10-12)11-14(15)8-3-2-4-9-14/h5-7,10,15H,2-4,8-9,11H2,1H3. The predicted molar refractivity (Wildman–Crippen MR) is 62.9 cm³/mol. The van der Waals surface area contributed by atoms with E-state index in [0.717, 1.165) is 19.3 Å². The van der Waals surface area contributed by atoms with Gasteiger partial charge in [0.2, 0.25) is 0 Å². The Morgan fingerprint density at radius 3 is 2.60 bits per heavy atom. The molecule has 1 nitrogen and oxygen atoms in total. The minimum atomic E-state index is -0.425. The molecule has 1 fully saturated rings. The van der Waals surface area contributed by atoms with Crippen molar-refractivity contribution < 1.29 is 5.11 Å². The third kappa shape index (κ3) is 2.82. The van der Waals surface area contributed by atoms with Crippen LogP contribution in [0, 0.1) is 6.92 Å².